The number of carbonyl (C=O) groups is 1. The maximum atomic E-state index is 12.2. The van der Waals surface area contributed by atoms with Gasteiger partial charge in [0.1, 0.15) is 5.75 Å². The number of nitriles is 1. The van der Waals surface area contributed by atoms with Crippen molar-refractivity contribution in [3.05, 3.63) is 54.1 Å². The first-order valence-electron chi connectivity index (χ1n) is 8.32. The summed E-state index contributed by atoms with van der Waals surface area (Å²) < 4.78 is 0. The number of phenolic OH excluding ortho intramolecular Hbond substituents is 1. The molecule has 6 nitrogen and oxygen atoms in total. The standard InChI is InChI=1S/C19H20N4O2/c20-13-15-5-7-16(8-6-15)21-19(25)14-22-9-11-23(12-10-22)17-3-1-2-4-18(17)24/h1-8,24H,9-12,14H2,(H,21,25)/p+1. The molecule has 2 aromatic carbocycles. The van der Waals surface area contributed by atoms with Gasteiger partial charge in [-0.3, -0.25) is 4.79 Å². The molecule has 1 heterocycles. The van der Waals surface area contributed by atoms with Crippen molar-refractivity contribution < 1.29 is 14.8 Å². The third-order valence-corrected chi connectivity index (χ3v) is 4.40. The number of carbonyl (C=O) groups excluding carboxylic acids is 1. The molecule has 3 N–H and O–H groups in total. The molecule has 2 aromatic rings. The van der Waals surface area contributed by atoms with Crippen molar-refractivity contribution in [3.8, 4) is 11.8 Å². The van der Waals surface area contributed by atoms with Gasteiger partial charge in [-0.25, -0.2) is 0 Å². The smallest absolute Gasteiger partial charge is 0.279 e. The number of phenols is 1. The Labute approximate surface area is 146 Å². The zero-order valence-electron chi connectivity index (χ0n) is 13.9. The molecular weight excluding hydrogens is 316 g/mol. The number of anilines is 2. The van der Waals surface area contributed by atoms with Crippen LogP contribution in [-0.2, 0) is 4.79 Å². The Hall–Kier alpha value is -3.04. The van der Waals surface area contributed by atoms with E-state index in [2.05, 4.69) is 16.3 Å². The first kappa shape index (κ1) is 16.8. The average Bonchev–Trinajstić information content (AvgIpc) is 2.63. The highest BCUT2D eigenvalue weighted by Gasteiger charge is 2.23. The number of hydrogen-bond donors (Lipinski definition) is 3. The van der Waals surface area contributed by atoms with Crippen LogP contribution in [0.25, 0.3) is 0 Å². The summed E-state index contributed by atoms with van der Waals surface area (Å²) >= 11 is 0. The van der Waals surface area contributed by atoms with Crippen molar-refractivity contribution in [1.82, 2.24) is 0 Å². The van der Waals surface area contributed by atoms with Crippen molar-refractivity contribution in [1.29, 1.82) is 5.26 Å². The van der Waals surface area contributed by atoms with E-state index in [0.29, 0.717) is 23.5 Å². The van der Waals surface area contributed by atoms with Crippen molar-refractivity contribution in [2.75, 3.05) is 42.9 Å². The Bertz CT molecular complexity index is 775. The van der Waals surface area contributed by atoms with Gasteiger partial charge in [-0.15, -0.1) is 0 Å². The lowest BCUT2D eigenvalue weighted by molar-refractivity contribution is -0.892. The van der Waals surface area contributed by atoms with Crippen molar-refractivity contribution in [3.63, 3.8) is 0 Å². The quantitative estimate of drug-likeness (QED) is 0.764. The Morgan fingerprint density at radius 3 is 2.48 bits per heavy atom. The summed E-state index contributed by atoms with van der Waals surface area (Å²) in [5.74, 6) is 0.264. The number of aromatic hydroxyl groups is 1. The summed E-state index contributed by atoms with van der Waals surface area (Å²) in [6, 6.07) is 16.2. The molecule has 0 saturated carbocycles. The van der Waals surface area contributed by atoms with Gasteiger partial charge in [0, 0.05) is 5.69 Å². The van der Waals surface area contributed by atoms with Crippen molar-refractivity contribution in [2.45, 2.75) is 0 Å². The first-order valence-corrected chi connectivity index (χ1v) is 8.32. The molecule has 0 radical (unpaired) electrons. The summed E-state index contributed by atoms with van der Waals surface area (Å²) in [5, 5.41) is 21.6. The lowest BCUT2D eigenvalue weighted by Crippen LogP contribution is -3.15. The highest BCUT2D eigenvalue weighted by atomic mass is 16.3. The van der Waals surface area contributed by atoms with Crippen LogP contribution in [0.2, 0.25) is 0 Å². The minimum Gasteiger partial charge on any atom is -0.506 e. The molecule has 1 fully saturated rings. The summed E-state index contributed by atoms with van der Waals surface area (Å²) in [4.78, 5) is 15.6. The van der Waals surface area contributed by atoms with Crippen LogP contribution in [-0.4, -0.2) is 43.7 Å². The van der Waals surface area contributed by atoms with Gasteiger partial charge in [0.25, 0.3) is 5.91 Å². The molecule has 1 amide bonds. The fourth-order valence-electron chi connectivity index (χ4n) is 3.03. The highest BCUT2D eigenvalue weighted by molar-refractivity contribution is 5.91. The monoisotopic (exact) mass is 337 g/mol. The van der Waals surface area contributed by atoms with Gasteiger partial charge in [-0.1, -0.05) is 12.1 Å². The Balaban J connectivity index is 1.49. The van der Waals surface area contributed by atoms with E-state index in [9.17, 15) is 9.90 Å². The van der Waals surface area contributed by atoms with E-state index in [1.165, 1.54) is 4.90 Å². The second kappa shape index (κ2) is 7.69. The molecule has 128 valence electrons. The number of rotatable bonds is 4. The first-order chi connectivity index (χ1) is 12.2. The van der Waals surface area contributed by atoms with Gasteiger partial charge in [0.2, 0.25) is 0 Å². The number of quaternary nitrogens is 1. The summed E-state index contributed by atoms with van der Waals surface area (Å²) in [5.41, 5.74) is 2.13. The minimum absolute atomic E-state index is 0.0317. The molecule has 0 aromatic heterocycles. The predicted octanol–water partition coefficient (Wildman–Crippen LogP) is 0.607. The van der Waals surface area contributed by atoms with Crippen LogP contribution in [0, 0.1) is 11.3 Å². The van der Waals surface area contributed by atoms with Crippen molar-refractivity contribution in [2.24, 2.45) is 0 Å². The van der Waals surface area contributed by atoms with E-state index in [4.69, 9.17) is 5.26 Å². The number of nitrogens with one attached hydrogen (secondary N) is 2. The van der Waals surface area contributed by atoms with Crippen LogP contribution in [0.15, 0.2) is 48.5 Å². The number of hydrogen-bond acceptors (Lipinski definition) is 4. The van der Waals surface area contributed by atoms with E-state index in [1.807, 2.05) is 18.2 Å². The van der Waals surface area contributed by atoms with Crippen LogP contribution in [0.3, 0.4) is 0 Å². The zero-order chi connectivity index (χ0) is 17.6. The van der Waals surface area contributed by atoms with E-state index in [1.54, 1.807) is 30.3 Å². The molecule has 1 aliphatic heterocycles. The van der Waals surface area contributed by atoms with Gasteiger partial charge in [0.15, 0.2) is 6.54 Å². The molecule has 1 aliphatic rings. The summed E-state index contributed by atoms with van der Waals surface area (Å²) in [6.45, 7) is 3.70. The molecule has 0 aliphatic carbocycles. The number of amides is 1. The maximum absolute atomic E-state index is 12.2. The average molecular weight is 337 g/mol. The Morgan fingerprint density at radius 1 is 1.16 bits per heavy atom. The van der Waals surface area contributed by atoms with Crippen LogP contribution >= 0.6 is 0 Å². The van der Waals surface area contributed by atoms with Crippen LogP contribution < -0.4 is 15.1 Å². The SMILES string of the molecule is N#Cc1ccc(NC(=O)C[NH+]2CCN(c3ccccc3O)CC2)cc1. The van der Waals surface area contributed by atoms with Gasteiger partial charge >= 0.3 is 0 Å². The number of nitrogens with zero attached hydrogens (tertiary/aromatic N) is 2. The Kier molecular flexibility index (Phi) is 5.17. The molecule has 25 heavy (non-hydrogen) atoms. The number of piperazine rings is 1. The lowest BCUT2D eigenvalue weighted by Gasteiger charge is -2.33. The molecular formula is C19H21N4O2+. The van der Waals surface area contributed by atoms with E-state index < -0.39 is 0 Å². The normalized spacial score (nSPS) is 14.8. The second-order valence-corrected chi connectivity index (χ2v) is 6.14. The lowest BCUT2D eigenvalue weighted by atomic mass is 10.2. The number of benzene rings is 2. The van der Waals surface area contributed by atoms with Gasteiger partial charge < -0.3 is 20.2 Å². The molecule has 1 saturated heterocycles. The third kappa shape index (κ3) is 4.28. The molecule has 0 unspecified atom stereocenters. The third-order valence-electron chi connectivity index (χ3n) is 4.40. The van der Waals surface area contributed by atoms with E-state index in [0.717, 1.165) is 31.9 Å². The van der Waals surface area contributed by atoms with Gasteiger partial charge in [0.05, 0.1) is 43.5 Å². The van der Waals surface area contributed by atoms with E-state index in [-0.39, 0.29) is 5.91 Å². The molecule has 0 spiro atoms. The zero-order valence-corrected chi connectivity index (χ0v) is 13.9. The fourth-order valence-corrected chi connectivity index (χ4v) is 3.03. The maximum Gasteiger partial charge on any atom is 0.279 e. The fraction of sp³-hybridized carbons (Fsp3) is 0.263. The minimum atomic E-state index is -0.0317. The topological polar surface area (TPSA) is 80.8 Å². The van der Waals surface area contributed by atoms with Crippen LogP contribution in [0.4, 0.5) is 11.4 Å². The Morgan fingerprint density at radius 2 is 1.84 bits per heavy atom. The number of para-hydroxylation sites is 2. The van der Waals surface area contributed by atoms with Crippen LogP contribution in [0.5, 0.6) is 5.75 Å². The molecule has 3 rings (SSSR count). The molecule has 0 bridgehead atoms. The highest BCUT2D eigenvalue weighted by Crippen LogP contribution is 2.25. The molecule has 0 atom stereocenters. The largest absolute Gasteiger partial charge is 0.506 e. The summed E-state index contributed by atoms with van der Waals surface area (Å²) in [7, 11) is 0. The molecule has 6 heteroatoms. The van der Waals surface area contributed by atoms with Gasteiger partial charge in [-0.05, 0) is 36.4 Å². The van der Waals surface area contributed by atoms with Crippen molar-refractivity contribution >= 4 is 17.3 Å². The van der Waals surface area contributed by atoms with E-state index >= 15 is 0 Å². The van der Waals surface area contributed by atoms with Gasteiger partial charge in [-0.2, -0.15) is 5.26 Å². The second-order valence-electron chi connectivity index (χ2n) is 6.14. The van der Waals surface area contributed by atoms with Crippen LogP contribution in [0.1, 0.15) is 5.56 Å². The summed E-state index contributed by atoms with van der Waals surface area (Å²) in [6.07, 6.45) is 0. The predicted molar refractivity (Wildman–Crippen MR) is 95.7 cm³/mol.